The molecule has 20 heavy (non-hydrogen) atoms. The van der Waals surface area contributed by atoms with Gasteiger partial charge in [-0.05, 0) is 18.3 Å². The first-order chi connectivity index (χ1) is 9.14. The molecular weight excluding hydrogens is 250 g/mol. The molecule has 0 atom stereocenters. The molecule has 0 aromatic carbocycles. The van der Waals surface area contributed by atoms with Crippen molar-refractivity contribution in [3.8, 4) is 0 Å². The normalized spacial score (nSPS) is 11.2. The van der Waals surface area contributed by atoms with Crippen LogP contribution in [-0.2, 0) is 9.53 Å². The molecule has 3 heteroatoms. The topological polar surface area (TPSA) is 38.3 Å². The molecule has 0 saturated carbocycles. The molecule has 120 valence electrons. The third kappa shape index (κ3) is 9.00. The van der Waals surface area contributed by atoms with Gasteiger partial charge in [0.1, 0.15) is 0 Å². The summed E-state index contributed by atoms with van der Waals surface area (Å²) in [5.74, 6) is -0.150. The molecule has 0 saturated heterocycles. The maximum Gasteiger partial charge on any atom is 0.306 e. The molecule has 0 spiro atoms. The number of rotatable bonds is 8. The van der Waals surface area contributed by atoms with Gasteiger partial charge >= 0.3 is 5.97 Å². The van der Waals surface area contributed by atoms with Gasteiger partial charge in [0.25, 0.3) is 0 Å². The van der Waals surface area contributed by atoms with E-state index in [1.165, 1.54) is 7.11 Å². The minimum atomic E-state index is -0.150. The molecule has 0 bridgehead atoms. The van der Waals surface area contributed by atoms with Crippen LogP contribution in [0.5, 0.6) is 0 Å². The lowest BCUT2D eigenvalue weighted by Crippen LogP contribution is -2.32. The lowest BCUT2D eigenvalue weighted by Gasteiger charge is -2.36. The number of ether oxygens (including phenoxy) is 1. The van der Waals surface area contributed by atoms with E-state index in [9.17, 15) is 4.79 Å². The summed E-state index contributed by atoms with van der Waals surface area (Å²) < 4.78 is 4.75. The van der Waals surface area contributed by atoms with E-state index < -0.39 is 0 Å². The third-order valence-electron chi connectivity index (χ3n) is 3.18. The minimum Gasteiger partial charge on any atom is -0.469 e. The molecule has 0 unspecified atom stereocenters. The fourth-order valence-electron chi connectivity index (χ4n) is 2.34. The number of methoxy groups -OCH3 is 1. The number of allylic oxidation sites excluding steroid dienone is 1. The quantitative estimate of drug-likeness (QED) is 0.666. The zero-order valence-corrected chi connectivity index (χ0v) is 14.9. The fourth-order valence-corrected chi connectivity index (χ4v) is 2.34. The molecule has 0 aromatic rings. The molecular formula is C17H35NO2. The highest BCUT2D eigenvalue weighted by Crippen LogP contribution is 2.39. The molecule has 0 fully saturated rings. The molecule has 1 N–H and O–H groups in total. The standard InChI is InChI=1S/C15H29NO2.C2H6/c1-8-9-16-12(2)15(5,6)11-14(3,4)10-13(17)18-7;1-2/h16H,2,8-11H2,1,3-7H3;1-2H3. The van der Waals surface area contributed by atoms with Gasteiger partial charge in [0.15, 0.2) is 0 Å². The van der Waals surface area contributed by atoms with Crippen LogP contribution in [0.4, 0.5) is 0 Å². The van der Waals surface area contributed by atoms with Gasteiger partial charge < -0.3 is 10.1 Å². The van der Waals surface area contributed by atoms with Gasteiger partial charge in [-0.25, -0.2) is 0 Å². The first-order valence-electron chi connectivity index (χ1n) is 7.64. The van der Waals surface area contributed by atoms with Gasteiger partial charge in [0.2, 0.25) is 0 Å². The Morgan fingerprint density at radius 1 is 1.20 bits per heavy atom. The summed E-state index contributed by atoms with van der Waals surface area (Å²) >= 11 is 0. The van der Waals surface area contributed by atoms with Crippen molar-refractivity contribution in [1.29, 1.82) is 0 Å². The highest BCUT2D eigenvalue weighted by Gasteiger charge is 2.32. The van der Waals surface area contributed by atoms with Gasteiger partial charge in [-0.2, -0.15) is 0 Å². The van der Waals surface area contributed by atoms with E-state index in [4.69, 9.17) is 4.74 Å². The van der Waals surface area contributed by atoms with Gasteiger partial charge in [-0.1, -0.05) is 55.0 Å². The first kappa shape index (κ1) is 21.3. The number of hydrogen-bond acceptors (Lipinski definition) is 3. The molecule has 0 heterocycles. The molecule has 0 aromatic heterocycles. The van der Waals surface area contributed by atoms with Crippen molar-refractivity contribution in [2.45, 2.75) is 67.7 Å². The highest BCUT2D eigenvalue weighted by molar-refractivity contribution is 5.69. The van der Waals surface area contributed by atoms with Gasteiger partial charge in [0, 0.05) is 17.7 Å². The second kappa shape index (κ2) is 9.84. The van der Waals surface area contributed by atoms with Gasteiger partial charge in [-0.15, -0.1) is 0 Å². The smallest absolute Gasteiger partial charge is 0.306 e. The summed E-state index contributed by atoms with van der Waals surface area (Å²) in [6.07, 6.45) is 2.42. The minimum absolute atomic E-state index is 0.0350. The summed E-state index contributed by atoms with van der Waals surface area (Å²) in [4.78, 5) is 11.4. The summed E-state index contributed by atoms with van der Waals surface area (Å²) in [5, 5.41) is 3.35. The van der Waals surface area contributed by atoms with Gasteiger partial charge in [-0.3, -0.25) is 4.79 Å². The Bertz CT molecular complexity index is 293. The molecule has 0 rings (SSSR count). The van der Waals surface area contributed by atoms with E-state index in [0.717, 1.165) is 25.1 Å². The van der Waals surface area contributed by atoms with Crippen LogP contribution in [0.15, 0.2) is 12.3 Å². The lowest BCUT2D eigenvalue weighted by molar-refractivity contribution is -0.143. The zero-order chi connectivity index (χ0) is 16.4. The number of nitrogens with one attached hydrogen (secondary N) is 1. The van der Waals surface area contributed by atoms with E-state index in [-0.39, 0.29) is 16.8 Å². The SMILES string of the molecule is C=C(NCCC)C(C)(C)CC(C)(C)CC(=O)OC.CC. The van der Waals surface area contributed by atoms with Crippen molar-refractivity contribution in [3.63, 3.8) is 0 Å². The first-order valence-corrected chi connectivity index (χ1v) is 7.64. The third-order valence-corrected chi connectivity index (χ3v) is 3.18. The largest absolute Gasteiger partial charge is 0.469 e. The van der Waals surface area contributed by atoms with E-state index in [2.05, 4.69) is 46.5 Å². The average molecular weight is 285 g/mol. The number of hydrogen-bond donors (Lipinski definition) is 1. The molecule has 0 aliphatic heterocycles. The molecule has 0 amide bonds. The Balaban J connectivity index is 0. The van der Waals surface area contributed by atoms with E-state index in [1.807, 2.05) is 13.8 Å². The summed E-state index contributed by atoms with van der Waals surface area (Å²) in [5.41, 5.74) is 0.919. The highest BCUT2D eigenvalue weighted by atomic mass is 16.5. The van der Waals surface area contributed by atoms with E-state index in [0.29, 0.717) is 6.42 Å². The summed E-state index contributed by atoms with van der Waals surface area (Å²) in [6, 6.07) is 0. The average Bonchev–Trinajstić information content (AvgIpc) is 2.36. The number of esters is 1. The predicted molar refractivity (Wildman–Crippen MR) is 87.6 cm³/mol. The van der Waals surface area contributed by atoms with Crippen LogP contribution >= 0.6 is 0 Å². The van der Waals surface area contributed by atoms with Crippen LogP contribution in [0.3, 0.4) is 0 Å². The van der Waals surface area contributed by atoms with Crippen molar-refractivity contribution in [2.24, 2.45) is 10.8 Å². The Kier molecular flexibility index (Phi) is 10.5. The zero-order valence-electron chi connectivity index (χ0n) is 14.9. The van der Waals surface area contributed by atoms with Crippen LogP contribution in [0, 0.1) is 10.8 Å². The van der Waals surface area contributed by atoms with Crippen LogP contribution in [0.2, 0.25) is 0 Å². The van der Waals surface area contributed by atoms with Crippen molar-refractivity contribution in [3.05, 3.63) is 12.3 Å². The Labute approximate surface area is 126 Å². The maximum absolute atomic E-state index is 11.4. The second-order valence-electron chi connectivity index (χ2n) is 6.38. The van der Waals surface area contributed by atoms with Crippen molar-refractivity contribution in [1.82, 2.24) is 5.32 Å². The molecule has 0 radical (unpaired) electrons. The summed E-state index contributed by atoms with van der Waals surface area (Å²) in [6.45, 7) is 19.7. The van der Waals surface area contributed by atoms with Crippen LogP contribution in [0.1, 0.15) is 67.7 Å². The maximum atomic E-state index is 11.4. The number of carbonyl (C=O) groups is 1. The monoisotopic (exact) mass is 285 g/mol. The Morgan fingerprint density at radius 2 is 1.70 bits per heavy atom. The summed E-state index contributed by atoms with van der Waals surface area (Å²) in [7, 11) is 1.44. The fraction of sp³-hybridized carbons (Fsp3) is 0.824. The Hall–Kier alpha value is -0.990. The molecule has 3 nitrogen and oxygen atoms in total. The molecule has 0 aliphatic rings. The van der Waals surface area contributed by atoms with Crippen LogP contribution < -0.4 is 5.32 Å². The van der Waals surface area contributed by atoms with Crippen LogP contribution in [0.25, 0.3) is 0 Å². The molecule has 0 aliphatic carbocycles. The second-order valence-corrected chi connectivity index (χ2v) is 6.38. The van der Waals surface area contributed by atoms with E-state index in [1.54, 1.807) is 0 Å². The van der Waals surface area contributed by atoms with Crippen molar-refractivity contribution >= 4 is 5.97 Å². The van der Waals surface area contributed by atoms with Crippen molar-refractivity contribution in [2.75, 3.05) is 13.7 Å². The van der Waals surface area contributed by atoms with Crippen molar-refractivity contribution < 1.29 is 9.53 Å². The van der Waals surface area contributed by atoms with Crippen LogP contribution in [-0.4, -0.2) is 19.6 Å². The van der Waals surface area contributed by atoms with E-state index >= 15 is 0 Å². The lowest BCUT2D eigenvalue weighted by atomic mass is 9.72. The van der Waals surface area contributed by atoms with Gasteiger partial charge in [0.05, 0.1) is 13.5 Å². The predicted octanol–water partition coefficient (Wildman–Crippen LogP) is 4.53. The number of carbonyl (C=O) groups excluding carboxylic acids is 1. The Morgan fingerprint density at radius 3 is 2.10 bits per heavy atom.